The molecule has 0 saturated carbocycles. The molecule has 0 aliphatic rings. The lowest BCUT2D eigenvalue weighted by Crippen LogP contribution is -2.22. The molecule has 0 fully saturated rings. The molecule has 0 radical (unpaired) electrons. The molecule has 2 N–H and O–H groups in total. The summed E-state index contributed by atoms with van der Waals surface area (Å²) in [4.78, 5) is 15.6. The third-order valence-electron chi connectivity index (χ3n) is 1.88. The van der Waals surface area contributed by atoms with Gasteiger partial charge in [0.05, 0.1) is 13.2 Å². The maximum absolute atomic E-state index is 11.0. The van der Waals surface area contributed by atoms with Gasteiger partial charge in [0, 0.05) is 6.42 Å². The Balaban J connectivity index is 3.10. The summed E-state index contributed by atoms with van der Waals surface area (Å²) >= 11 is 0. The molecule has 4 heteroatoms. The van der Waals surface area contributed by atoms with Gasteiger partial charge in [0.25, 0.3) is 0 Å². The van der Waals surface area contributed by atoms with Gasteiger partial charge >= 0.3 is 5.97 Å². The monoisotopic (exact) mass is 203 g/mol. The Bertz CT molecular complexity index is 139. The zero-order valence-electron chi connectivity index (χ0n) is 8.92. The van der Waals surface area contributed by atoms with Crippen molar-refractivity contribution in [1.82, 2.24) is 5.48 Å². The zero-order chi connectivity index (χ0) is 10.6. The SMILES string of the molecule is CCCCCCCC(=O)ONCCO. The van der Waals surface area contributed by atoms with E-state index in [4.69, 9.17) is 5.11 Å². The Hall–Kier alpha value is -0.610. The standard InChI is InChI=1S/C10H21NO3/c1-2-3-4-5-6-7-10(13)14-11-8-9-12/h11-12H,2-9H2,1H3. The first-order valence-electron chi connectivity index (χ1n) is 5.34. The van der Waals surface area contributed by atoms with E-state index in [-0.39, 0.29) is 12.6 Å². The minimum absolute atomic E-state index is 0.0240. The largest absolute Gasteiger partial charge is 0.395 e. The highest BCUT2D eigenvalue weighted by Crippen LogP contribution is 2.05. The van der Waals surface area contributed by atoms with Crippen molar-refractivity contribution in [1.29, 1.82) is 0 Å². The van der Waals surface area contributed by atoms with Gasteiger partial charge in [-0.2, -0.15) is 5.48 Å². The first-order chi connectivity index (χ1) is 6.81. The second-order valence-corrected chi connectivity index (χ2v) is 3.26. The van der Waals surface area contributed by atoms with E-state index in [1.807, 2.05) is 0 Å². The van der Waals surface area contributed by atoms with Gasteiger partial charge in [-0.3, -0.25) is 4.79 Å². The number of unbranched alkanes of at least 4 members (excludes halogenated alkanes) is 4. The Kier molecular flexibility index (Phi) is 10.0. The highest BCUT2D eigenvalue weighted by molar-refractivity contribution is 5.68. The van der Waals surface area contributed by atoms with Crippen LogP contribution in [-0.4, -0.2) is 24.2 Å². The zero-order valence-corrected chi connectivity index (χ0v) is 8.92. The van der Waals surface area contributed by atoms with Gasteiger partial charge in [-0.25, -0.2) is 0 Å². The van der Waals surface area contributed by atoms with Crippen molar-refractivity contribution < 1.29 is 14.7 Å². The van der Waals surface area contributed by atoms with Gasteiger partial charge in [-0.1, -0.05) is 32.6 Å². The molecule has 4 nitrogen and oxygen atoms in total. The maximum atomic E-state index is 11.0. The molecule has 0 unspecified atom stereocenters. The second-order valence-electron chi connectivity index (χ2n) is 3.26. The fourth-order valence-electron chi connectivity index (χ4n) is 1.10. The lowest BCUT2D eigenvalue weighted by Gasteiger charge is -2.03. The van der Waals surface area contributed by atoms with Crippen molar-refractivity contribution in [3.63, 3.8) is 0 Å². The van der Waals surface area contributed by atoms with Crippen molar-refractivity contribution in [3.8, 4) is 0 Å². The summed E-state index contributed by atoms with van der Waals surface area (Å²) in [7, 11) is 0. The van der Waals surface area contributed by atoms with Gasteiger partial charge in [0.1, 0.15) is 0 Å². The van der Waals surface area contributed by atoms with Crippen molar-refractivity contribution in [2.45, 2.75) is 45.4 Å². The number of carbonyl (C=O) groups is 1. The third-order valence-corrected chi connectivity index (χ3v) is 1.88. The van der Waals surface area contributed by atoms with E-state index in [0.717, 1.165) is 12.8 Å². The lowest BCUT2D eigenvalue weighted by molar-refractivity contribution is -0.151. The van der Waals surface area contributed by atoms with Crippen molar-refractivity contribution >= 4 is 5.97 Å². The number of hydrogen-bond donors (Lipinski definition) is 2. The summed E-state index contributed by atoms with van der Waals surface area (Å²) < 4.78 is 0. The number of nitrogens with one attached hydrogen (secondary N) is 1. The van der Waals surface area contributed by atoms with Crippen molar-refractivity contribution in [2.24, 2.45) is 0 Å². The Morgan fingerprint density at radius 2 is 2.00 bits per heavy atom. The molecule has 0 spiro atoms. The van der Waals surface area contributed by atoms with Crippen LogP contribution in [0.15, 0.2) is 0 Å². The number of hydroxylamine groups is 1. The molecular formula is C10H21NO3. The third kappa shape index (κ3) is 9.48. The van der Waals surface area contributed by atoms with Crippen LogP contribution in [0.2, 0.25) is 0 Å². The predicted octanol–water partition coefficient (Wildman–Crippen LogP) is 1.39. The van der Waals surface area contributed by atoms with Gasteiger partial charge in [0.2, 0.25) is 0 Å². The predicted molar refractivity (Wildman–Crippen MR) is 54.6 cm³/mol. The smallest absolute Gasteiger partial charge is 0.324 e. The summed E-state index contributed by atoms with van der Waals surface area (Å²) in [5, 5.41) is 8.40. The molecule has 0 rings (SSSR count). The summed E-state index contributed by atoms with van der Waals surface area (Å²) in [6.07, 6.45) is 6.07. The van der Waals surface area contributed by atoms with E-state index in [0.29, 0.717) is 13.0 Å². The van der Waals surface area contributed by atoms with Gasteiger partial charge in [-0.05, 0) is 6.42 Å². The topological polar surface area (TPSA) is 58.6 Å². The molecule has 0 aliphatic carbocycles. The first-order valence-corrected chi connectivity index (χ1v) is 5.34. The van der Waals surface area contributed by atoms with Crippen molar-refractivity contribution in [3.05, 3.63) is 0 Å². The Morgan fingerprint density at radius 3 is 2.64 bits per heavy atom. The van der Waals surface area contributed by atoms with E-state index in [2.05, 4.69) is 17.2 Å². The molecule has 0 heterocycles. The molecule has 0 bridgehead atoms. The summed E-state index contributed by atoms with van der Waals surface area (Å²) in [6, 6.07) is 0. The minimum atomic E-state index is -0.241. The summed E-state index contributed by atoms with van der Waals surface area (Å²) in [5.41, 5.74) is 2.39. The fourth-order valence-corrected chi connectivity index (χ4v) is 1.10. The quantitative estimate of drug-likeness (QED) is 0.439. The molecule has 0 aromatic heterocycles. The van der Waals surface area contributed by atoms with E-state index in [9.17, 15) is 4.79 Å². The van der Waals surface area contributed by atoms with Crippen LogP contribution in [0.5, 0.6) is 0 Å². The minimum Gasteiger partial charge on any atom is -0.395 e. The van der Waals surface area contributed by atoms with Crippen LogP contribution < -0.4 is 5.48 Å². The number of carbonyl (C=O) groups excluding carboxylic acids is 1. The highest BCUT2D eigenvalue weighted by atomic mass is 16.7. The van der Waals surface area contributed by atoms with E-state index >= 15 is 0 Å². The van der Waals surface area contributed by atoms with Gasteiger partial charge in [-0.15, -0.1) is 0 Å². The van der Waals surface area contributed by atoms with Crippen LogP contribution in [0.1, 0.15) is 45.4 Å². The van der Waals surface area contributed by atoms with Crippen LogP contribution in [-0.2, 0) is 9.63 Å². The van der Waals surface area contributed by atoms with Crippen LogP contribution in [0.3, 0.4) is 0 Å². The van der Waals surface area contributed by atoms with Crippen LogP contribution >= 0.6 is 0 Å². The number of rotatable bonds is 9. The van der Waals surface area contributed by atoms with Crippen LogP contribution in [0.4, 0.5) is 0 Å². The van der Waals surface area contributed by atoms with Gasteiger partial charge in [0.15, 0.2) is 0 Å². The molecule has 0 aromatic carbocycles. The molecule has 0 amide bonds. The molecule has 84 valence electrons. The Morgan fingerprint density at radius 1 is 1.29 bits per heavy atom. The Labute approximate surface area is 85.6 Å². The summed E-state index contributed by atoms with van der Waals surface area (Å²) in [6.45, 7) is 2.43. The van der Waals surface area contributed by atoms with E-state index < -0.39 is 0 Å². The number of aliphatic hydroxyl groups is 1. The lowest BCUT2D eigenvalue weighted by atomic mass is 10.1. The highest BCUT2D eigenvalue weighted by Gasteiger charge is 2.01. The van der Waals surface area contributed by atoms with E-state index in [1.54, 1.807) is 0 Å². The molecule has 0 atom stereocenters. The molecule has 0 saturated heterocycles. The second kappa shape index (κ2) is 10.5. The first kappa shape index (κ1) is 13.4. The maximum Gasteiger partial charge on any atom is 0.324 e. The molecule has 0 aliphatic heterocycles. The molecule has 0 aromatic rings. The van der Waals surface area contributed by atoms with Crippen LogP contribution in [0.25, 0.3) is 0 Å². The van der Waals surface area contributed by atoms with E-state index in [1.165, 1.54) is 19.3 Å². The number of hydrogen-bond acceptors (Lipinski definition) is 4. The summed E-state index contributed by atoms with van der Waals surface area (Å²) in [5.74, 6) is -0.241. The van der Waals surface area contributed by atoms with Crippen LogP contribution in [0, 0.1) is 0 Å². The van der Waals surface area contributed by atoms with Crippen molar-refractivity contribution in [2.75, 3.05) is 13.2 Å². The number of aliphatic hydroxyl groups excluding tert-OH is 1. The molecular weight excluding hydrogens is 182 g/mol. The average Bonchev–Trinajstić information content (AvgIpc) is 2.18. The normalized spacial score (nSPS) is 10.1. The molecule has 14 heavy (non-hydrogen) atoms. The van der Waals surface area contributed by atoms with Gasteiger partial charge < -0.3 is 9.94 Å². The fraction of sp³-hybridized carbons (Fsp3) is 0.900. The average molecular weight is 203 g/mol.